The zero-order valence-corrected chi connectivity index (χ0v) is 9.34. The summed E-state index contributed by atoms with van der Waals surface area (Å²) >= 11 is 0. The predicted molar refractivity (Wildman–Crippen MR) is 67.6 cm³/mol. The van der Waals surface area contributed by atoms with Crippen LogP contribution >= 0.6 is 0 Å². The van der Waals surface area contributed by atoms with Crippen molar-refractivity contribution in [3.05, 3.63) is 42.6 Å². The average molecular weight is 230 g/mol. The molecule has 0 aliphatic carbocycles. The molecule has 3 N–H and O–H groups in total. The van der Waals surface area contributed by atoms with E-state index < -0.39 is 12.0 Å². The van der Waals surface area contributed by atoms with Crippen molar-refractivity contribution in [1.29, 1.82) is 0 Å². The van der Waals surface area contributed by atoms with Gasteiger partial charge in [0, 0.05) is 24.2 Å². The molecule has 0 spiro atoms. The van der Waals surface area contributed by atoms with Gasteiger partial charge in [0.1, 0.15) is 6.04 Å². The highest BCUT2D eigenvalue weighted by Gasteiger charge is 2.15. The Hall–Kier alpha value is -2.07. The number of nitrogens with zero attached hydrogens (tertiary/aromatic N) is 1. The second-order valence-electron chi connectivity index (χ2n) is 3.91. The van der Waals surface area contributed by atoms with E-state index >= 15 is 0 Å². The number of rotatable bonds is 4. The van der Waals surface area contributed by atoms with E-state index in [4.69, 9.17) is 10.8 Å². The minimum Gasteiger partial charge on any atom is -0.480 e. The van der Waals surface area contributed by atoms with Crippen LogP contribution in [-0.2, 0) is 11.2 Å². The molecule has 0 bridgehead atoms. The van der Waals surface area contributed by atoms with Gasteiger partial charge in [0.05, 0.1) is 5.52 Å². The van der Waals surface area contributed by atoms with Crippen LogP contribution in [0.4, 0.5) is 0 Å². The first-order valence-corrected chi connectivity index (χ1v) is 5.33. The standard InChI is InChI=1S/C13H14N2O2/c1-2-15-8-9(7-11(14)13(16)17)10-5-3-4-6-12(10)15/h2-6,8,11H,1,7,14H2,(H,16,17)/t11-/m0/s1. The quantitative estimate of drug-likeness (QED) is 0.839. The summed E-state index contributed by atoms with van der Waals surface area (Å²) in [5.74, 6) is -0.986. The number of hydrogen-bond acceptors (Lipinski definition) is 2. The fourth-order valence-corrected chi connectivity index (χ4v) is 1.92. The molecule has 0 saturated carbocycles. The minimum atomic E-state index is -0.986. The van der Waals surface area contributed by atoms with Gasteiger partial charge >= 0.3 is 5.97 Å². The molecule has 4 heteroatoms. The number of carboxylic acid groups (broad SMARTS) is 1. The van der Waals surface area contributed by atoms with Crippen molar-refractivity contribution in [3.8, 4) is 0 Å². The Balaban J connectivity index is 2.47. The van der Waals surface area contributed by atoms with Crippen LogP contribution < -0.4 is 5.73 Å². The molecular formula is C13H14N2O2. The van der Waals surface area contributed by atoms with E-state index in [0.717, 1.165) is 16.5 Å². The van der Waals surface area contributed by atoms with E-state index in [1.165, 1.54) is 0 Å². The van der Waals surface area contributed by atoms with E-state index in [9.17, 15) is 4.79 Å². The van der Waals surface area contributed by atoms with E-state index in [-0.39, 0.29) is 0 Å². The SMILES string of the molecule is C=Cn1cc(C[C@H](N)C(=O)O)c2ccccc21. The second kappa shape index (κ2) is 4.43. The summed E-state index contributed by atoms with van der Waals surface area (Å²) < 4.78 is 1.87. The molecular weight excluding hydrogens is 216 g/mol. The van der Waals surface area contributed by atoms with Gasteiger partial charge in [0.25, 0.3) is 0 Å². The lowest BCUT2D eigenvalue weighted by atomic mass is 10.1. The molecule has 0 radical (unpaired) electrons. The summed E-state index contributed by atoms with van der Waals surface area (Å²) in [5, 5.41) is 9.85. The Morgan fingerprint density at radius 2 is 2.24 bits per heavy atom. The Bertz CT molecular complexity index is 572. The van der Waals surface area contributed by atoms with Gasteiger partial charge in [-0.05, 0) is 11.6 Å². The van der Waals surface area contributed by atoms with Crippen LogP contribution in [0.15, 0.2) is 37.0 Å². The van der Waals surface area contributed by atoms with Gasteiger partial charge in [-0.1, -0.05) is 24.8 Å². The first kappa shape index (κ1) is 11.4. The molecule has 4 nitrogen and oxygen atoms in total. The van der Waals surface area contributed by atoms with Crippen molar-refractivity contribution in [2.45, 2.75) is 12.5 Å². The number of carboxylic acids is 1. The van der Waals surface area contributed by atoms with Crippen LogP contribution in [-0.4, -0.2) is 21.7 Å². The highest BCUT2D eigenvalue weighted by Crippen LogP contribution is 2.22. The molecule has 1 atom stereocenters. The maximum Gasteiger partial charge on any atom is 0.320 e. The number of benzene rings is 1. The molecule has 2 aromatic rings. The van der Waals surface area contributed by atoms with Crippen LogP contribution in [0.2, 0.25) is 0 Å². The zero-order valence-electron chi connectivity index (χ0n) is 9.34. The van der Waals surface area contributed by atoms with Crippen LogP contribution in [0.3, 0.4) is 0 Å². The largest absolute Gasteiger partial charge is 0.480 e. The Labute approximate surface area is 99.0 Å². The first-order valence-electron chi connectivity index (χ1n) is 5.33. The molecule has 1 aromatic carbocycles. The van der Waals surface area contributed by atoms with Crippen molar-refractivity contribution < 1.29 is 9.90 Å². The third kappa shape index (κ3) is 2.07. The van der Waals surface area contributed by atoms with Gasteiger partial charge in [-0.25, -0.2) is 0 Å². The molecule has 17 heavy (non-hydrogen) atoms. The van der Waals surface area contributed by atoms with Gasteiger partial charge in [0.15, 0.2) is 0 Å². The molecule has 0 amide bonds. The molecule has 88 valence electrons. The number of aliphatic carboxylic acids is 1. The summed E-state index contributed by atoms with van der Waals surface area (Å²) in [6.07, 6.45) is 3.88. The zero-order chi connectivity index (χ0) is 12.4. The fourth-order valence-electron chi connectivity index (χ4n) is 1.92. The van der Waals surface area contributed by atoms with Crippen molar-refractivity contribution in [2.75, 3.05) is 0 Å². The minimum absolute atomic E-state index is 0.316. The Morgan fingerprint density at radius 1 is 1.53 bits per heavy atom. The van der Waals surface area contributed by atoms with Crippen LogP contribution in [0.25, 0.3) is 17.1 Å². The van der Waals surface area contributed by atoms with E-state index in [2.05, 4.69) is 6.58 Å². The van der Waals surface area contributed by atoms with Crippen LogP contribution in [0, 0.1) is 0 Å². The lowest BCUT2D eigenvalue weighted by molar-refractivity contribution is -0.138. The molecule has 0 aliphatic heterocycles. The van der Waals surface area contributed by atoms with E-state index in [0.29, 0.717) is 6.42 Å². The number of carbonyl (C=O) groups is 1. The van der Waals surface area contributed by atoms with Crippen molar-refractivity contribution in [1.82, 2.24) is 4.57 Å². The van der Waals surface area contributed by atoms with Gasteiger partial charge in [0.2, 0.25) is 0 Å². The van der Waals surface area contributed by atoms with Crippen molar-refractivity contribution >= 4 is 23.1 Å². The summed E-state index contributed by atoms with van der Waals surface area (Å²) in [5.41, 5.74) is 7.49. The Kier molecular flexibility index (Phi) is 2.97. The van der Waals surface area contributed by atoms with Crippen LogP contribution in [0.5, 0.6) is 0 Å². The number of para-hydroxylation sites is 1. The van der Waals surface area contributed by atoms with Crippen molar-refractivity contribution in [2.24, 2.45) is 5.73 Å². The third-order valence-corrected chi connectivity index (χ3v) is 2.78. The summed E-state index contributed by atoms with van der Waals surface area (Å²) in [7, 11) is 0. The molecule has 1 aromatic heterocycles. The lowest BCUT2D eigenvalue weighted by Crippen LogP contribution is -2.32. The maximum absolute atomic E-state index is 10.8. The number of nitrogens with two attached hydrogens (primary N) is 1. The topological polar surface area (TPSA) is 68.2 Å². The molecule has 2 rings (SSSR count). The monoisotopic (exact) mass is 230 g/mol. The molecule has 0 aliphatic rings. The van der Waals surface area contributed by atoms with Gasteiger partial charge in [-0.15, -0.1) is 0 Å². The van der Waals surface area contributed by atoms with Gasteiger partial charge in [-0.3, -0.25) is 4.79 Å². The molecule has 1 heterocycles. The highest BCUT2D eigenvalue weighted by molar-refractivity contribution is 5.86. The second-order valence-corrected chi connectivity index (χ2v) is 3.91. The van der Waals surface area contributed by atoms with E-state index in [1.807, 2.05) is 35.0 Å². The smallest absolute Gasteiger partial charge is 0.320 e. The molecule has 0 fully saturated rings. The number of hydrogen-bond donors (Lipinski definition) is 2. The average Bonchev–Trinajstić information content (AvgIpc) is 2.68. The first-order chi connectivity index (χ1) is 8.13. The highest BCUT2D eigenvalue weighted by atomic mass is 16.4. The molecule has 0 unspecified atom stereocenters. The lowest BCUT2D eigenvalue weighted by Gasteiger charge is -2.04. The maximum atomic E-state index is 10.8. The van der Waals surface area contributed by atoms with Crippen molar-refractivity contribution in [3.63, 3.8) is 0 Å². The normalized spacial score (nSPS) is 12.5. The predicted octanol–water partition coefficient (Wildman–Crippen LogP) is 1.70. The summed E-state index contributed by atoms with van der Waals surface area (Å²) in [4.78, 5) is 10.8. The Morgan fingerprint density at radius 3 is 2.88 bits per heavy atom. The van der Waals surface area contributed by atoms with Gasteiger partial charge in [-0.2, -0.15) is 0 Å². The van der Waals surface area contributed by atoms with Crippen LogP contribution in [0.1, 0.15) is 5.56 Å². The molecule has 0 saturated heterocycles. The number of aromatic nitrogens is 1. The third-order valence-electron chi connectivity index (χ3n) is 2.78. The summed E-state index contributed by atoms with van der Waals surface area (Å²) in [6.45, 7) is 3.72. The summed E-state index contributed by atoms with van der Waals surface area (Å²) in [6, 6.07) is 6.90. The number of fused-ring (bicyclic) bond motifs is 1. The van der Waals surface area contributed by atoms with Gasteiger partial charge < -0.3 is 15.4 Å². The van der Waals surface area contributed by atoms with E-state index in [1.54, 1.807) is 6.20 Å². The fraction of sp³-hybridized carbons (Fsp3) is 0.154.